The van der Waals surface area contributed by atoms with E-state index < -0.39 is 18.2 Å². The lowest BCUT2D eigenvalue weighted by Gasteiger charge is -2.43. The zero-order chi connectivity index (χ0) is 14.6. The van der Waals surface area contributed by atoms with Crippen LogP contribution >= 0.6 is 0 Å². The van der Waals surface area contributed by atoms with Crippen molar-refractivity contribution in [2.24, 2.45) is 0 Å². The maximum Gasteiger partial charge on any atom is 0.264 e. The molecule has 0 amide bonds. The Kier molecular flexibility index (Phi) is 7.10. The highest BCUT2D eigenvalue weighted by Crippen LogP contribution is 2.45. The summed E-state index contributed by atoms with van der Waals surface area (Å²) in [4.78, 5) is 0. The number of rotatable bonds is 8. The minimum atomic E-state index is -3.79. The first-order valence-electron chi connectivity index (χ1n) is 6.99. The summed E-state index contributed by atoms with van der Waals surface area (Å²) in [6.07, 6.45) is 1.50. The second kappa shape index (κ2) is 7.06. The minimum absolute atomic E-state index is 0.0915. The normalized spacial score (nSPS) is 13.9. The number of unbranched alkanes of at least 4 members (excludes halogenated alkanes) is 1. The van der Waals surface area contributed by atoms with Crippen LogP contribution in [-0.4, -0.2) is 26.8 Å². The summed E-state index contributed by atoms with van der Waals surface area (Å²) >= 11 is 0. The van der Waals surface area contributed by atoms with Gasteiger partial charge in [-0.2, -0.15) is 8.42 Å². The number of hydrogen-bond donors (Lipinski definition) is 1. The second-order valence-corrected chi connectivity index (χ2v) is 14.1. The highest BCUT2D eigenvalue weighted by molar-refractivity contribution is 7.85. The van der Waals surface area contributed by atoms with Crippen molar-refractivity contribution in [1.29, 1.82) is 0 Å². The lowest BCUT2D eigenvalue weighted by atomic mass is 10.4. The molecule has 0 aromatic rings. The van der Waals surface area contributed by atoms with E-state index in [1.165, 1.54) is 0 Å². The Balaban J connectivity index is 4.62. The van der Waals surface area contributed by atoms with Crippen LogP contribution in [0.1, 0.15) is 54.4 Å². The van der Waals surface area contributed by atoms with Gasteiger partial charge in [0.15, 0.2) is 0 Å². The Labute approximate surface area is 114 Å². The predicted molar refractivity (Wildman–Crippen MR) is 81.5 cm³/mol. The third-order valence-electron chi connectivity index (χ3n) is 4.49. The summed E-state index contributed by atoms with van der Waals surface area (Å²) < 4.78 is 30.2. The third-order valence-corrected chi connectivity index (χ3v) is 13.0. The molecule has 18 heavy (non-hydrogen) atoms. The van der Waals surface area contributed by atoms with Gasteiger partial charge in [-0.1, -0.05) is 70.6 Å². The van der Waals surface area contributed by atoms with Crippen LogP contribution in [0.5, 0.6) is 0 Å². The standard InChI is InChI=1S/C13H30O3SSi/c1-11(2)18(12(3)4,13(5)6)10-8-7-9-17(14,15)16/h11-13H,7-10H2,1-6H3,(H,14,15,16). The molecule has 0 saturated heterocycles. The molecule has 0 rings (SSSR count). The first kappa shape index (κ1) is 18.1. The molecule has 0 aliphatic carbocycles. The Morgan fingerprint density at radius 3 is 1.56 bits per heavy atom. The van der Waals surface area contributed by atoms with Gasteiger partial charge in [-0.15, -0.1) is 0 Å². The molecule has 0 saturated carbocycles. The van der Waals surface area contributed by atoms with Crippen molar-refractivity contribution in [3.05, 3.63) is 0 Å². The predicted octanol–water partition coefficient (Wildman–Crippen LogP) is 4.33. The van der Waals surface area contributed by atoms with E-state index in [0.717, 1.165) is 12.5 Å². The highest BCUT2D eigenvalue weighted by atomic mass is 32.2. The molecule has 0 fully saturated rings. The van der Waals surface area contributed by atoms with Crippen LogP contribution in [0.2, 0.25) is 22.7 Å². The van der Waals surface area contributed by atoms with Gasteiger partial charge >= 0.3 is 0 Å². The van der Waals surface area contributed by atoms with Gasteiger partial charge in [0, 0.05) is 0 Å². The summed E-state index contributed by atoms with van der Waals surface area (Å²) in [5.74, 6) is -0.0915. The van der Waals surface area contributed by atoms with E-state index in [4.69, 9.17) is 4.55 Å². The molecule has 0 aromatic carbocycles. The molecule has 0 aliphatic rings. The summed E-state index contributed by atoms with van der Waals surface area (Å²) in [7, 11) is -5.19. The number of hydrogen-bond acceptors (Lipinski definition) is 2. The lowest BCUT2D eigenvalue weighted by molar-refractivity contribution is 0.480. The molecule has 0 spiro atoms. The molecule has 3 nitrogen and oxygen atoms in total. The van der Waals surface area contributed by atoms with E-state index in [2.05, 4.69) is 41.5 Å². The van der Waals surface area contributed by atoms with Crippen LogP contribution in [0.15, 0.2) is 0 Å². The largest absolute Gasteiger partial charge is 0.286 e. The highest BCUT2D eigenvalue weighted by Gasteiger charge is 2.41. The summed E-state index contributed by atoms with van der Waals surface area (Å²) in [5.41, 5.74) is 2.13. The summed E-state index contributed by atoms with van der Waals surface area (Å²) in [6.45, 7) is 13.9. The van der Waals surface area contributed by atoms with Gasteiger partial charge in [0.2, 0.25) is 0 Å². The van der Waals surface area contributed by atoms with Gasteiger partial charge in [0.1, 0.15) is 0 Å². The molecule has 0 unspecified atom stereocenters. The van der Waals surface area contributed by atoms with E-state index in [1.54, 1.807) is 0 Å². The first-order chi connectivity index (χ1) is 8.04. The summed E-state index contributed by atoms with van der Waals surface area (Å²) in [5, 5.41) is 0. The molecule has 1 N–H and O–H groups in total. The maximum atomic E-state index is 10.7. The fourth-order valence-corrected chi connectivity index (χ4v) is 10.7. The van der Waals surface area contributed by atoms with Crippen LogP contribution in [0.4, 0.5) is 0 Å². The van der Waals surface area contributed by atoms with Crippen LogP contribution in [0, 0.1) is 0 Å². The van der Waals surface area contributed by atoms with Gasteiger partial charge in [0.25, 0.3) is 10.1 Å². The molecule has 0 aromatic heterocycles. The Bertz CT molecular complexity index is 312. The molecular formula is C13H30O3SSi. The van der Waals surface area contributed by atoms with Crippen molar-refractivity contribution in [2.45, 2.75) is 77.1 Å². The molecule has 5 heteroatoms. The lowest BCUT2D eigenvalue weighted by Crippen LogP contribution is -2.44. The fraction of sp³-hybridized carbons (Fsp3) is 1.00. The Hall–Kier alpha value is 0.127. The van der Waals surface area contributed by atoms with Crippen molar-refractivity contribution in [3.63, 3.8) is 0 Å². The SMILES string of the molecule is CC(C)[Si](CCCCS(=O)(=O)O)(C(C)C)C(C)C. The maximum absolute atomic E-state index is 10.7. The molecule has 0 radical (unpaired) electrons. The third kappa shape index (κ3) is 5.01. The monoisotopic (exact) mass is 294 g/mol. The molecule has 0 atom stereocenters. The topological polar surface area (TPSA) is 54.4 Å². The molecule has 110 valence electrons. The average Bonchev–Trinajstić information content (AvgIpc) is 2.13. The smallest absolute Gasteiger partial charge is 0.264 e. The van der Waals surface area contributed by atoms with Gasteiger partial charge in [-0.3, -0.25) is 4.55 Å². The zero-order valence-electron chi connectivity index (χ0n) is 12.7. The Morgan fingerprint density at radius 1 is 0.889 bits per heavy atom. The van der Waals surface area contributed by atoms with Crippen molar-refractivity contribution < 1.29 is 13.0 Å². The van der Waals surface area contributed by atoms with Gasteiger partial charge in [-0.25, -0.2) is 0 Å². The van der Waals surface area contributed by atoms with E-state index in [0.29, 0.717) is 23.0 Å². The minimum Gasteiger partial charge on any atom is -0.286 e. The van der Waals surface area contributed by atoms with Crippen molar-refractivity contribution in [3.8, 4) is 0 Å². The average molecular weight is 295 g/mol. The van der Waals surface area contributed by atoms with Crippen LogP contribution in [-0.2, 0) is 10.1 Å². The van der Waals surface area contributed by atoms with E-state index in [9.17, 15) is 8.42 Å². The van der Waals surface area contributed by atoms with E-state index >= 15 is 0 Å². The Morgan fingerprint density at radius 2 is 1.28 bits per heavy atom. The van der Waals surface area contributed by atoms with Crippen LogP contribution in [0.3, 0.4) is 0 Å². The van der Waals surface area contributed by atoms with E-state index in [-0.39, 0.29) is 5.75 Å². The van der Waals surface area contributed by atoms with Crippen molar-refractivity contribution in [1.82, 2.24) is 0 Å². The van der Waals surface area contributed by atoms with Gasteiger partial charge < -0.3 is 0 Å². The van der Waals surface area contributed by atoms with Crippen molar-refractivity contribution in [2.75, 3.05) is 5.75 Å². The second-order valence-electron chi connectivity index (χ2n) is 6.32. The van der Waals surface area contributed by atoms with E-state index in [1.807, 2.05) is 0 Å². The molecule has 0 aliphatic heterocycles. The summed E-state index contributed by atoms with van der Waals surface area (Å²) in [6, 6.07) is 1.16. The van der Waals surface area contributed by atoms with Crippen molar-refractivity contribution >= 4 is 18.2 Å². The van der Waals surface area contributed by atoms with Gasteiger partial charge in [0.05, 0.1) is 13.8 Å². The molecule has 0 heterocycles. The van der Waals surface area contributed by atoms with Crippen LogP contribution < -0.4 is 0 Å². The first-order valence-corrected chi connectivity index (χ1v) is 11.0. The van der Waals surface area contributed by atoms with Gasteiger partial charge in [-0.05, 0) is 6.42 Å². The molecule has 0 bridgehead atoms. The van der Waals surface area contributed by atoms with Crippen LogP contribution in [0.25, 0.3) is 0 Å². The molecular weight excluding hydrogens is 264 g/mol. The zero-order valence-corrected chi connectivity index (χ0v) is 14.5. The fourth-order valence-electron chi connectivity index (χ4n) is 3.58. The quantitative estimate of drug-likeness (QED) is 0.412.